The molecule has 2 atom stereocenters. The summed E-state index contributed by atoms with van der Waals surface area (Å²) >= 11 is 0. The number of nitrogens with zero attached hydrogens (tertiary/aromatic N) is 1. The molecule has 2 aromatic carbocycles. The van der Waals surface area contributed by atoms with Crippen molar-refractivity contribution in [1.82, 2.24) is 10.2 Å². The number of carbonyl (C=O) groups excluding carboxylic acids is 2. The second-order valence-electron chi connectivity index (χ2n) is 10.0. The number of benzene rings is 2. The molecule has 5 rings (SSSR count). The van der Waals surface area contributed by atoms with Gasteiger partial charge in [0.2, 0.25) is 5.91 Å². The van der Waals surface area contributed by atoms with Crippen LogP contribution in [0.1, 0.15) is 49.7 Å². The van der Waals surface area contributed by atoms with Gasteiger partial charge in [0.1, 0.15) is 12.6 Å². The summed E-state index contributed by atoms with van der Waals surface area (Å²) in [5.74, 6) is -1.09. The Morgan fingerprint density at radius 1 is 1.09 bits per heavy atom. The lowest BCUT2D eigenvalue weighted by molar-refractivity contribution is -0.147. The number of hydrogen-bond acceptors (Lipinski definition) is 4. The maximum Gasteiger partial charge on any atom is 0.407 e. The Bertz CT molecular complexity index is 1080. The third-order valence-corrected chi connectivity index (χ3v) is 7.81. The van der Waals surface area contributed by atoms with Gasteiger partial charge in [0, 0.05) is 19.0 Å². The van der Waals surface area contributed by atoms with Crippen molar-refractivity contribution >= 4 is 18.0 Å². The van der Waals surface area contributed by atoms with Crippen molar-refractivity contribution in [1.29, 1.82) is 0 Å². The zero-order chi connectivity index (χ0) is 23.9. The third-order valence-electron chi connectivity index (χ3n) is 7.81. The SMILES string of the molecule is CC1(C(=O)O)CCN(C(=O)C(NC(=O)OCC2c3ccccc3-c3ccccc32)C2CCC2)C1. The molecule has 7 nitrogen and oxygen atoms in total. The van der Waals surface area contributed by atoms with E-state index in [4.69, 9.17) is 4.74 Å². The summed E-state index contributed by atoms with van der Waals surface area (Å²) in [5, 5.41) is 12.3. The first kappa shape index (κ1) is 22.4. The van der Waals surface area contributed by atoms with Gasteiger partial charge in [0.25, 0.3) is 0 Å². The van der Waals surface area contributed by atoms with Crippen LogP contribution in [0.25, 0.3) is 11.1 Å². The Morgan fingerprint density at radius 3 is 2.24 bits per heavy atom. The lowest BCUT2D eigenvalue weighted by Gasteiger charge is -2.35. The standard InChI is InChI=1S/C27H30N2O5/c1-27(25(31)32)13-14-29(16-27)24(30)23(17-7-6-8-17)28-26(33)34-15-22-20-11-4-2-9-18(20)19-10-3-5-12-21(19)22/h2-5,9-12,17,22-23H,6-8,13-16H2,1H3,(H,28,33)(H,31,32). The lowest BCUT2D eigenvalue weighted by atomic mass is 9.79. The van der Waals surface area contributed by atoms with Crippen LogP contribution >= 0.6 is 0 Å². The minimum absolute atomic E-state index is 0.0501. The molecule has 34 heavy (non-hydrogen) atoms. The smallest absolute Gasteiger partial charge is 0.407 e. The van der Waals surface area contributed by atoms with E-state index in [1.165, 1.54) is 0 Å². The fraction of sp³-hybridized carbons (Fsp3) is 0.444. The molecule has 0 bridgehead atoms. The second kappa shape index (κ2) is 8.78. The van der Waals surface area contributed by atoms with Crippen LogP contribution in [-0.2, 0) is 14.3 Å². The molecule has 2 N–H and O–H groups in total. The van der Waals surface area contributed by atoms with Crippen LogP contribution in [0.15, 0.2) is 48.5 Å². The second-order valence-corrected chi connectivity index (χ2v) is 10.0. The van der Waals surface area contributed by atoms with Gasteiger partial charge in [-0.1, -0.05) is 55.0 Å². The summed E-state index contributed by atoms with van der Waals surface area (Å²) in [6.45, 7) is 2.40. The monoisotopic (exact) mass is 462 g/mol. The highest BCUT2D eigenvalue weighted by molar-refractivity contribution is 5.87. The van der Waals surface area contributed by atoms with Gasteiger partial charge in [-0.3, -0.25) is 9.59 Å². The van der Waals surface area contributed by atoms with E-state index in [9.17, 15) is 19.5 Å². The number of aliphatic carboxylic acids is 1. The molecular weight excluding hydrogens is 432 g/mol. The van der Waals surface area contributed by atoms with E-state index in [1.807, 2.05) is 24.3 Å². The zero-order valence-electron chi connectivity index (χ0n) is 19.3. The molecule has 7 heteroatoms. The van der Waals surface area contributed by atoms with Crippen LogP contribution in [0, 0.1) is 11.3 Å². The molecule has 0 aromatic heterocycles. The van der Waals surface area contributed by atoms with Gasteiger partial charge >= 0.3 is 12.1 Å². The van der Waals surface area contributed by atoms with Crippen molar-refractivity contribution in [3.05, 3.63) is 59.7 Å². The van der Waals surface area contributed by atoms with Crippen LogP contribution in [0.2, 0.25) is 0 Å². The normalized spacial score (nSPS) is 22.4. The minimum atomic E-state index is -0.941. The van der Waals surface area contributed by atoms with E-state index in [0.29, 0.717) is 13.0 Å². The third kappa shape index (κ3) is 3.93. The van der Waals surface area contributed by atoms with Gasteiger partial charge in [-0.2, -0.15) is 0 Å². The average Bonchev–Trinajstić information content (AvgIpc) is 3.35. The summed E-state index contributed by atoms with van der Waals surface area (Å²) in [6, 6.07) is 15.6. The predicted octanol–water partition coefficient (Wildman–Crippen LogP) is 4.02. The Morgan fingerprint density at radius 2 is 1.71 bits per heavy atom. The number of carbonyl (C=O) groups is 3. The van der Waals surface area contributed by atoms with E-state index >= 15 is 0 Å². The average molecular weight is 463 g/mol. The number of alkyl carbamates (subject to hydrolysis) is 1. The van der Waals surface area contributed by atoms with Crippen molar-refractivity contribution in [3.8, 4) is 11.1 Å². The largest absolute Gasteiger partial charge is 0.481 e. The highest BCUT2D eigenvalue weighted by Gasteiger charge is 2.45. The summed E-state index contributed by atoms with van der Waals surface area (Å²) in [4.78, 5) is 39.3. The summed E-state index contributed by atoms with van der Waals surface area (Å²) in [7, 11) is 0. The van der Waals surface area contributed by atoms with Crippen molar-refractivity contribution in [2.75, 3.05) is 19.7 Å². The minimum Gasteiger partial charge on any atom is -0.481 e. The fourth-order valence-corrected chi connectivity index (χ4v) is 5.44. The molecule has 2 unspecified atom stereocenters. The van der Waals surface area contributed by atoms with E-state index in [2.05, 4.69) is 29.6 Å². The molecule has 1 aliphatic heterocycles. The number of rotatable bonds is 6. The van der Waals surface area contributed by atoms with E-state index in [1.54, 1.807) is 11.8 Å². The summed E-state index contributed by atoms with van der Waals surface area (Å²) in [5.41, 5.74) is 3.64. The first-order chi connectivity index (χ1) is 16.4. The van der Waals surface area contributed by atoms with Crippen LogP contribution < -0.4 is 5.32 Å². The first-order valence-corrected chi connectivity index (χ1v) is 12.0. The van der Waals surface area contributed by atoms with Crippen molar-refractivity contribution in [2.24, 2.45) is 11.3 Å². The molecule has 2 fully saturated rings. The van der Waals surface area contributed by atoms with E-state index in [0.717, 1.165) is 41.5 Å². The maximum atomic E-state index is 13.3. The number of hydrogen-bond donors (Lipinski definition) is 2. The molecule has 2 aliphatic carbocycles. The maximum absolute atomic E-state index is 13.3. The molecule has 178 valence electrons. The van der Waals surface area contributed by atoms with Gasteiger partial charge in [-0.15, -0.1) is 0 Å². The first-order valence-electron chi connectivity index (χ1n) is 12.0. The summed E-state index contributed by atoms with van der Waals surface area (Å²) < 4.78 is 5.67. The highest BCUT2D eigenvalue weighted by atomic mass is 16.5. The molecule has 1 saturated heterocycles. The lowest BCUT2D eigenvalue weighted by Crippen LogP contribution is -2.54. The van der Waals surface area contributed by atoms with Crippen LogP contribution in [0.3, 0.4) is 0 Å². The van der Waals surface area contributed by atoms with Crippen molar-refractivity contribution in [2.45, 2.75) is 44.6 Å². The number of carboxylic acids is 1. The van der Waals surface area contributed by atoms with E-state index in [-0.39, 0.29) is 30.9 Å². The van der Waals surface area contributed by atoms with Crippen molar-refractivity contribution in [3.63, 3.8) is 0 Å². The molecule has 2 amide bonds. The Hall–Kier alpha value is -3.35. The van der Waals surface area contributed by atoms with Gasteiger partial charge in [-0.25, -0.2) is 4.79 Å². The molecule has 1 saturated carbocycles. The number of amides is 2. The number of nitrogens with one attached hydrogen (secondary N) is 1. The Kier molecular flexibility index (Phi) is 5.80. The highest BCUT2D eigenvalue weighted by Crippen LogP contribution is 2.44. The van der Waals surface area contributed by atoms with E-state index < -0.39 is 23.5 Å². The number of carboxylic acid groups (broad SMARTS) is 1. The molecule has 3 aliphatic rings. The van der Waals surface area contributed by atoms with Crippen LogP contribution in [0.4, 0.5) is 4.79 Å². The fourth-order valence-electron chi connectivity index (χ4n) is 5.44. The predicted molar refractivity (Wildman–Crippen MR) is 126 cm³/mol. The van der Waals surface area contributed by atoms with Gasteiger partial charge in [0.15, 0.2) is 0 Å². The van der Waals surface area contributed by atoms with Crippen LogP contribution in [-0.4, -0.2) is 53.7 Å². The van der Waals surface area contributed by atoms with Crippen LogP contribution in [0.5, 0.6) is 0 Å². The topological polar surface area (TPSA) is 95.9 Å². The molecule has 2 aromatic rings. The molecule has 0 radical (unpaired) electrons. The van der Waals surface area contributed by atoms with Gasteiger partial charge in [0.05, 0.1) is 5.41 Å². The van der Waals surface area contributed by atoms with Gasteiger partial charge < -0.3 is 20.1 Å². The number of fused-ring (bicyclic) bond motifs is 3. The summed E-state index contributed by atoms with van der Waals surface area (Å²) in [6.07, 6.45) is 2.56. The zero-order valence-corrected chi connectivity index (χ0v) is 19.3. The molecule has 0 spiro atoms. The molecular formula is C27H30N2O5. The number of ether oxygens (including phenoxy) is 1. The Balaban J connectivity index is 1.26. The quantitative estimate of drug-likeness (QED) is 0.676. The Labute approximate surface area is 199 Å². The number of likely N-dealkylation sites (tertiary alicyclic amines) is 1. The molecule has 1 heterocycles. The van der Waals surface area contributed by atoms with Crippen molar-refractivity contribution < 1.29 is 24.2 Å². The van der Waals surface area contributed by atoms with Gasteiger partial charge in [-0.05, 0) is 54.4 Å².